The third kappa shape index (κ3) is 3.62. The Balaban J connectivity index is 2.03. The first-order valence-electron chi connectivity index (χ1n) is 5.38. The van der Waals surface area contributed by atoms with Crippen molar-refractivity contribution in [2.45, 2.75) is 6.92 Å². The lowest BCUT2D eigenvalue weighted by atomic mass is 10.2. The molecule has 0 aliphatic rings. The van der Waals surface area contributed by atoms with E-state index >= 15 is 0 Å². The highest BCUT2D eigenvalue weighted by Crippen LogP contribution is 2.19. The fraction of sp³-hybridized carbons (Fsp3) is 0.0833. The van der Waals surface area contributed by atoms with Crippen molar-refractivity contribution in [2.75, 3.05) is 5.73 Å². The Morgan fingerprint density at radius 2 is 2.37 bits per heavy atom. The Hall–Kier alpha value is -1.73. The molecule has 2 aromatic rings. The van der Waals surface area contributed by atoms with Gasteiger partial charge in [-0.1, -0.05) is 39.4 Å². The largest absolute Gasteiger partial charge is 0.375 e. The highest BCUT2D eigenvalue weighted by Gasteiger charge is 2.12. The number of thiazole rings is 1. The Kier molecular flexibility index (Phi) is 4.28. The predicted molar refractivity (Wildman–Crippen MR) is 80.5 cm³/mol. The van der Waals surface area contributed by atoms with Crippen LogP contribution in [0.15, 0.2) is 33.8 Å². The normalized spacial score (nSPS) is 10.8. The van der Waals surface area contributed by atoms with Crippen LogP contribution in [-0.2, 0) is 0 Å². The van der Waals surface area contributed by atoms with Gasteiger partial charge in [0, 0.05) is 4.47 Å². The molecule has 1 aromatic carbocycles. The van der Waals surface area contributed by atoms with Gasteiger partial charge in [-0.3, -0.25) is 4.79 Å². The Morgan fingerprint density at radius 1 is 1.58 bits per heavy atom. The number of aryl methyl sites for hydroxylation is 1. The minimum absolute atomic E-state index is 0.307. The number of amides is 1. The third-order valence-electron chi connectivity index (χ3n) is 2.25. The summed E-state index contributed by atoms with van der Waals surface area (Å²) in [6.07, 6.45) is 1.57. The van der Waals surface area contributed by atoms with Gasteiger partial charge in [-0.2, -0.15) is 5.10 Å². The van der Waals surface area contributed by atoms with Crippen molar-refractivity contribution in [3.63, 3.8) is 0 Å². The second kappa shape index (κ2) is 5.94. The summed E-state index contributed by atoms with van der Waals surface area (Å²) in [5.74, 6) is -0.307. The van der Waals surface area contributed by atoms with Crippen LogP contribution in [0, 0.1) is 6.92 Å². The van der Waals surface area contributed by atoms with Crippen LogP contribution in [0.5, 0.6) is 0 Å². The molecule has 2 rings (SSSR count). The molecular formula is C12H11BrN4OS. The van der Waals surface area contributed by atoms with E-state index in [1.54, 1.807) is 13.1 Å². The maximum absolute atomic E-state index is 11.8. The van der Waals surface area contributed by atoms with Crippen LogP contribution < -0.4 is 11.2 Å². The van der Waals surface area contributed by atoms with E-state index in [1.165, 1.54) is 0 Å². The number of carbonyl (C=O) groups is 1. The highest BCUT2D eigenvalue weighted by atomic mass is 79.9. The van der Waals surface area contributed by atoms with Crippen molar-refractivity contribution in [1.29, 1.82) is 0 Å². The molecule has 0 fully saturated rings. The number of benzene rings is 1. The van der Waals surface area contributed by atoms with Crippen LogP contribution in [0.3, 0.4) is 0 Å². The summed E-state index contributed by atoms with van der Waals surface area (Å²) < 4.78 is 0.953. The summed E-state index contributed by atoms with van der Waals surface area (Å²) in [6.45, 7) is 1.74. The lowest BCUT2D eigenvalue weighted by Gasteiger charge is -1.97. The van der Waals surface area contributed by atoms with Gasteiger partial charge in [0.05, 0.1) is 11.9 Å². The lowest BCUT2D eigenvalue weighted by Crippen LogP contribution is -2.17. The second-order valence-electron chi connectivity index (χ2n) is 3.72. The Morgan fingerprint density at radius 3 is 3.00 bits per heavy atom. The quantitative estimate of drug-likeness (QED) is 0.666. The van der Waals surface area contributed by atoms with E-state index < -0.39 is 0 Å². The van der Waals surface area contributed by atoms with Crippen molar-refractivity contribution in [2.24, 2.45) is 5.10 Å². The fourth-order valence-electron chi connectivity index (χ4n) is 1.43. The number of halogens is 1. The molecule has 0 aliphatic heterocycles. The summed E-state index contributed by atoms with van der Waals surface area (Å²) in [4.78, 5) is 16.3. The zero-order chi connectivity index (χ0) is 13.8. The molecule has 19 heavy (non-hydrogen) atoms. The van der Waals surface area contributed by atoms with Crippen molar-refractivity contribution >= 4 is 44.5 Å². The van der Waals surface area contributed by atoms with Crippen LogP contribution in [0.2, 0.25) is 0 Å². The van der Waals surface area contributed by atoms with Crippen molar-refractivity contribution in [3.8, 4) is 0 Å². The summed E-state index contributed by atoms with van der Waals surface area (Å²) in [5.41, 5.74) is 9.48. The number of anilines is 1. The molecule has 0 saturated heterocycles. The van der Waals surface area contributed by atoms with Crippen LogP contribution in [0.4, 0.5) is 5.13 Å². The summed E-state index contributed by atoms with van der Waals surface area (Å²) in [5, 5.41) is 4.28. The molecule has 1 amide bonds. The molecule has 98 valence electrons. The minimum Gasteiger partial charge on any atom is -0.375 e. The number of carbonyl (C=O) groups excluding carboxylic acids is 1. The number of nitrogens with two attached hydrogens (primary N) is 1. The van der Waals surface area contributed by atoms with Crippen LogP contribution in [0.1, 0.15) is 20.9 Å². The van der Waals surface area contributed by atoms with Gasteiger partial charge in [-0.15, -0.1) is 0 Å². The fourth-order valence-corrected chi connectivity index (χ4v) is 2.57. The SMILES string of the molecule is Cc1nc(N)sc1C(=O)N/N=C/c1cccc(Br)c1. The van der Waals surface area contributed by atoms with Crippen LogP contribution in [0.25, 0.3) is 0 Å². The van der Waals surface area contributed by atoms with Gasteiger partial charge in [0.1, 0.15) is 4.88 Å². The number of aromatic nitrogens is 1. The smallest absolute Gasteiger partial charge is 0.283 e. The standard InChI is InChI=1S/C12H11BrN4OS/c1-7-10(19-12(14)16-7)11(18)17-15-6-8-3-2-4-9(13)5-8/h2-6H,1H3,(H2,14,16)(H,17,18)/b15-6+. The zero-order valence-electron chi connectivity index (χ0n) is 10.1. The first-order chi connectivity index (χ1) is 9.06. The Labute approximate surface area is 122 Å². The van der Waals surface area contributed by atoms with E-state index in [0.29, 0.717) is 15.7 Å². The van der Waals surface area contributed by atoms with E-state index in [0.717, 1.165) is 21.4 Å². The molecule has 1 heterocycles. The van der Waals surface area contributed by atoms with Gasteiger partial charge in [0.25, 0.3) is 5.91 Å². The van der Waals surface area contributed by atoms with Gasteiger partial charge in [-0.25, -0.2) is 10.4 Å². The summed E-state index contributed by atoms with van der Waals surface area (Å²) >= 11 is 4.51. The zero-order valence-corrected chi connectivity index (χ0v) is 12.5. The molecule has 0 bridgehead atoms. The van der Waals surface area contributed by atoms with Gasteiger partial charge in [0.15, 0.2) is 5.13 Å². The molecule has 1 aromatic heterocycles. The van der Waals surface area contributed by atoms with E-state index in [-0.39, 0.29) is 5.91 Å². The summed E-state index contributed by atoms with van der Waals surface area (Å²) in [6, 6.07) is 7.59. The van der Waals surface area contributed by atoms with Crippen molar-refractivity contribution < 1.29 is 4.79 Å². The first-order valence-corrected chi connectivity index (χ1v) is 6.99. The van der Waals surface area contributed by atoms with Crippen molar-refractivity contribution in [3.05, 3.63) is 44.9 Å². The van der Waals surface area contributed by atoms with E-state index in [2.05, 4.69) is 31.4 Å². The number of nitrogens with one attached hydrogen (secondary N) is 1. The van der Waals surface area contributed by atoms with E-state index in [4.69, 9.17) is 5.73 Å². The molecule has 3 N–H and O–H groups in total. The van der Waals surface area contributed by atoms with Crippen LogP contribution >= 0.6 is 27.3 Å². The van der Waals surface area contributed by atoms with Gasteiger partial charge >= 0.3 is 0 Å². The highest BCUT2D eigenvalue weighted by molar-refractivity contribution is 9.10. The number of rotatable bonds is 3. The first kappa shape index (κ1) is 13.7. The number of hydrogen-bond acceptors (Lipinski definition) is 5. The average molecular weight is 339 g/mol. The third-order valence-corrected chi connectivity index (χ3v) is 3.73. The monoisotopic (exact) mass is 338 g/mol. The minimum atomic E-state index is -0.307. The topological polar surface area (TPSA) is 80.4 Å². The average Bonchev–Trinajstić information content (AvgIpc) is 2.68. The molecule has 5 nitrogen and oxygen atoms in total. The molecule has 0 saturated carbocycles. The van der Waals surface area contributed by atoms with Gasteiger partial charge < -0.3 is 5.73 Å². The van der Waals surface area contributed by atoms with Crippen LogP contribution in [-0.4, -0.2) is 17.1 Å². The molecule has 7 heteroatoms. The van der Waals surface area contributed by atoms with Gasteiger partial charge in [-0.05, 0) is 24.6 Å². The Bertz CT molecular complexity index is 638. The predicted octanol–water partition coefficient (Wildman–Crippen LogP) is 2.56. The lowest BCUT2D eigenvalue weighted by molar-refractivity contribution is 0.0958. The van der Waals surface area contributed by atoms with Crippen molar-refractivity contribution in [1.82, 2.24) is 10.4 Å². The molecule has 0 unspecified atom stereocenters. The maximum Gasteiger partial charge on any atom is 0.283 e. The molecular weight excluding hydrogens is 328 g/mol. The number of hydrazone groups is 1. The van der Waals surface area contributed by atoms with E-state index in [1.807, 2.05) is 24.3 Å². The molecule has 0 radical (unpaired) electrons. The second-order valence-corrected chi connectivity index (χ2v) is 5.67. The number of nitrogen functional groups attached to an aromatic ring is 1. The number of hydrogen-bond donors (Lipinski definition) is 2. The summed E-state index contributed by atoms with van der Waals surface area (Å²) in [7, 11) is 0. The number of nitrogens with zero attached hydrogens (tertiary/aromatic N) is 2. The molecule has 0 aliphatic carbocycles. The van der Waals surface area contributed by atoms with Gasteiger partial charge in [0.2, 0.25) is 0 Å². The molecule has 0 spiro atoms. The van der Waals surface area contributed by atoms with E-state index in [9.17, 15) is 4.79 Å². The molecule has 0 atom stereocenters. The maximum atomic E-state index is 11.8.